The fraction of sp³-hybridized carbons (Fsp3) is 0.467. The Morgan fingerprint density at radius 1 is 1.38 bits per heavy atom. The van der Waals surface area contributed by atoms with Crippen LogP contribution in [0.3, 0.4) is 0 Å². The lowest BCUT2D eigenvalue weighted by Crippen LogP contribution is -2.51. The van der Waals surface area contributed by atoms with Gasteiger partial charge in [-0.15, -0.1) is 0 Å². The number of carbonyl (C=O) groups excluding carboxylic acids is 1. The van der Waals surface area contributed by atoms with Gasteiger partial charge in [0.15, 0.2) is 6.61 Å². The highest BCUT2D eigenvalue weighted by Crippen LogP contribution is 2.23. The van der Waals surface area contributed by atoms with Gasteiger partial charge in [0.25, 0.3) is 5.91 Å². The van der Waals surface area contributed by atoms with E-state index in [1.807, 2.05) is 32.0 Å². The minimum Gasteiger partial charge on any atom is -0.483 e. The number of benzene rings is 1. The van der Waals surface area contributed by atoms with Crippen LogP contribution in [0.2, 0.25) is 0 Å². The number of carboxylic acid groups (broad SMARTS) is 1. The molecule has 0 radical (unpaired) electrons. The van der Waals surface area contributed by atoms with Gasteiger partial charge >= 0.3 is 5.97 Å². The van der Waals surface area contributed by atoms with Crippen molar-refractivity contribution in [3.05, 3.63) is 29.3 Å². The normalized spacial score (nSPS) is 18.4. The van der Waals surface area contributed by atoms with Gasteiger partial charge in [-0.25, -0.2) is 4.79 Å². The van der Waals surface area contributed by atoms with E-state index < -0.39 is 12.0 Å². The molecule has 1 aliphatic heterocycles. The molecule has 1 amide bonds. The standard InChI is InChI=1S/C15H19NO4S/c1-10-4-3-5-11(2)14(10)20-8-13(17)16-6-7-21-9-12(16)15(18)19/h3-5,12H,6-9H2,1-2H3,(H,18,19). The molecule has 1 saturated heterocycles. The molecule has 1 atom stereocenters. The molecule has 114 valence electrons. The topological polar surface area (TPSA) is 66.8 Å². The van der Waals surface area contributed by atoms with Crippen molar-refractivity contribution in [1.82, 2.24) is 4.90 Å². The second-order valence-corrected chi connectivity index (χ2v) is 6.18. The smallest absolute Gasteiger partial charge is 0.327 e. The number of nitrogens with zero attached hydrogens (tertiary/aromatic N) is 1. The van der Waals surface area contributed by atoms with Crippen LogP contribution in [0.1, 0.15) is 11.1 Å². The number of hydrogen-bond acceptors (Lipinski definition) is 4. The Kier molecular flexibility index (Phi) is 5.12. The van der Waals surface area contributed by atoms with E-state index in [-0.39, 0.29) is 12.5 Å². The van der Waals surface area contributed by atoms with Gasteiger partial charge in [-0.3, -0.25) is 4.79 Å². The predicted octanol–water partition coefficient (Wildman–Crippen LogP) is 1.71. The molecule has 1 unspecified atom stereocenters. The van der Waals surface area contributed by atoms with Crippen molar-refractivity contribution in [1.29, 1.82) is 0 Å². The zero-order chi connectivity index (χ0) is 15.4. The number of amides is 1. The van der Waals surface area contributed by atoms with Gasteiger partial charge in [0.05, 0.1) is 0 Å². The Labute approximate surface area is 128 Å². The fourth-order valence-corrected chi connectivity index (χ4v) is 3.39. The van der Waals surface area contributed by atoms with Crippen LogP contribution in [0.4, 0.5) is 0 Å². The average Bonchev–Trinajstić information content (AvgIpc) is 2.46. The van der Waals surface area contributed by atoms with Crippen molar-refractivity contribution in [3.63, 3.8) is 0 Å². The Hall–Kier alpha value is -1.69. The summed E-state index contributed by atoms with van der Waals surface area (Å²) in [5.74, 6) is 0.667. The summed E-state index contributed by atoms with van der Waals surface area (Å²) in [5.41, 5.74) is 1.93. The molecule has 5 nitrogen and oxygen atoms in total. The van der Waals surface area contributed by atoms with E-state index in [0.717, 1.165) is 16.9 Å². The molecule has 0 aliphatic carbocycles. The van der Waals surface area contributed by atoms with Crippen LogP contribution in [-0.2, 0) is 9.59 Å². The lowest BCUT2D eigenvalue weighted by molar-refractivity contribution is -0.150. The highest BCUT2D eigenvalue weighted by atomic mass is 32.2. The van der Waals surface area contributed by atoms with Crippen LogP contribution in [0.5, 0.6) is 5.75 Å². The Bertz CT molecular complexity index is 526. The minimum atomic E-state index is -0.956. The number of aryl methyl sites for hydroxylation is 2. The number of rotatable bonds is 4. The summed E-state index contributed by atoms with van der Waals surface area (Å²) in [7, 11) is 0. The Morgan fingerprint density at radius 3 is 2.67 bits per heavy atom. The predicted molar refractivity (Wildman–Crippen MR) is 81.9 cm³/mol. The first-order valence-electron chi connectivity index (χ1n) is 6.79. The number of carboxylic acids is 1. The van der Waals surface area contributed by atoms with Crippen molar-refractivity contribution >= 4 is 23.6 Å². The molecule has 1 fully saturated rings. The summed E-state index contributed by atoms with van der Waals surface area (Å²) >= 11 is 1.56. The lowest BCUT2D eigenvalue weighted by atomic mass is 10.1. The number of thioether (sulfide) groups is 1. The zero-order valence-electron chi connectivity index (χ0n) is 12.2. The van der Waals surface area contributed by atoms with E-state index in [9.17, 15) is 14.7 Å². The van der Waals surface area contributed by atoms with Gasteiger partial charge < -0.3 is 14.7 Å². The molecule has 1 aliphatic rings. The van der Waals surface area contributed by atoms with Crippen molar-refractivity contribution in [2.75, 3.05) is 24.7 Å². The maximum absolute atomic E-state index is 12.2. The molecule has 0 aromatic heterocycles. The fourth-order valence-electron chi connectivity index (χ4n) is 2.35. The van der Waals surface area contributed by atoms with E-state index in [1.165, 1.54) is 4.90 Å². The van der Waals surface area contributed by atoms with E-state index in [4.69, 9.17) is 4.74 Å². The molecule has 2 rings (SSSR count). The van der Waals surface area contributed by atoms with Crippen LogP contribution in [0.15, 0.2) is 18.2 Å². The average molecular weight is 309 g/mol. The van der Waals surface area contributed by atoms with Gasteiger partial charge in [0, 0.05) is 18.1 Å². The van der Waals surface area contributed by atoms with Crippen molar-refractivity contribution in [2.24, 2.45) is 0 Å². The van der Waals surface area contributed by atoms with E-state index >= 15 is 0 Å². The molecule has 0 saturated carbocycles. The maximum atomic E-state index is 12.2. The molecule has 1 N–H and O–H groups in total. The van der Waals surface area contributed by atoms with E-state index in [1.54, 1.807) is 11.8 Å². The first kappa shape index (κ1) is 15.7. The van der Waals surface area contributed by atoms with Gasteiger partial charge in [-0.05, 0) is 25.0 Å². The molecular weight excluding hydrogens is 290 g/mol. The zero-order valence-corrected chi connectivity index (χ0v) is 13.0. The van der Waals surface area contributed by atoms with Gasteiger partial charge in [0.2, 0.25) is 0 Å². The molecular formula is C15H19NO4S. The maximum Gasteiger partial charge on any atom is 0.327 e. The summed E-state index contributed by atoms with van der Waals surface area (Å²) in [4.78, 5) is 24.9. The second kappa shape index (κ2) is 6.85. The molecule has 1 aromatic carbocycles. The third kappa shape index (κ3) is 3.69. The molecule has 21 heavy (non-hydrogen) atoms. The number of ether oxygens (including phenoxy) is 1. The molecule has 1 heterocycles. The third-order valence-electron chi connectivity index (χ3n) is 3.48. The highest BCUT2D eigenvalue weighted by Gasteiger charge is 2.32. The number of carbonyl (C=O) groups is 2. The Morgan fingerprint density at radius 2 is 2.05 bits per heavy atom. The van der Waals surface area contributed by atoms with Crippen LogP contribution in [0, 0.1) is 13.8 Å². The minimum absolute atomic E-state index is 0.125. The van der Waals surface area contributed by atoms with Crippen LogP contribution in [-0.4, -0.2) is 52.6 Å². The molecule has 1 aromatic rings. The lowest BCUT2D eigenvalue weighted by Gasteiger charge is -2.32. The number of aliphatic carboxylic acids is 1. The number of para-hydroxylation sites is 1. The van der Waals surface area contributed by atoms with Crippen LogP contribution < -0.4 is 4.74 Å². The van der Waals surface area contributed by atoms with Crippen molar-refractivity contribution in [2.45, 2.75) is 19.9 Å². The summed E-state index contributed by atoms with van der Waals surface area (Å²) < 4.78 is 5.62. The Balaban J connectivity index is 2.02. The first-order valence-corrected chi connectivity index (χ1v) is 7.95. The molecule has 0 bridgehead atoms. The first-order chi connectivity index (χ1) is 10.0. The van der Waals surface area contributed by atoms with Crippen LogP contribution in [0.25, 0.3) is 0 Å². The highest BCUT2D eigenvalue weighted by molar-refractivity contribution is 7.99. The second-order valence-electron chi connectivity index (χ2n) is 5.03. The molecule has 0 spiro atoms. The summed E-state index contributed by atoms with van der Waals surface area (Å²) in [5, 5.41) is 9.18. The largest absolute Gasteiger partial charge is 0.483 e. The SMILES string of the molecule is Cc1cccc(C)c1OCC(=O)N1CCSCC1C(=O)O. The van der Waals surface area contributed by atoms with E-state index in [0.29, 0.717) is 18.0 Å². The van der Waals surface area contributed by atoms with Crippen molar-refractivity contribution < 1.29 is 19.4 Å². The van der Waals surface area contributed by atoms with Gasteiger partial charge in [-0.2, -0.15) is 11.8 Å². The molecule has 6 heteroatoms. The third-order valence-corrected chi connectivity index (χ3v) is 4.51. The quantitative estimate of drug-likeness (QED) is 0.917. The monoisotopic (exact) mass is 309 g/mol. The van der Waals surface area contributed by atoms with E-state index in [2.05, 4.69) is 0 Å². The van der Waals surface area contributed by atoms with Gasteiger partial charge in [0.1, 0.15) is 11.8 Å². The van der Waals surface area contributed by atoms with Gasteiger partial charge in [-0.1, -0.05) is 18.2 Å². The van der Waals surface area contributed by atoms with Crippen molar-refractivity contribution in [3.8, 4) is 5.75 Å². The summed E-state index contributed by atoms with van der Waals surface area (Å²) in [6.07, 6.45) is 0. The summed E-state index contributed by atoms with van der Waals surface area (Å²) in [6, 6.07) is 5.02. The van der Waals surface area contributed by atoms with Crippen LogP contribution >= 0.6 is 11.8 Å². The number of hydrogen-bond donors (Lipinski definition) is 1. The summed E-state index contributed by atoms with van der Waals surface area (Å²) in [6.45, 7) is 4.17.